The molecule has 0 bridgehead atoms. The summed E-state index contributed by atoms with van der Waals surface area (Å²) in [5, 5.41) is 6.72. The van der Waals surface area contributed by atoms with Gasteiger partial charge in [-0.3, -0.25) is 9.59 Å². The quantitative estimate of drug-likeness (QED) is 0.585. The van der Waals surface area contributed by atoms with Crippen LogP contribution in [0.4, 0.5) is 0 Å². The number of aromatic nitrogens is 2. The summed E-state index contributed by atoms with van der Waals surface area (Å²) in [6.45, 7) is 3.37. The SMILES string of the molecule is Cc1nc(COc2ccc(C(=O)NC(Cc3ccccc3)C(=O)N3CCCC3)cc2)no1. The van der Waals surface area contributed by atoms with E-state index in [1.54, 1.807) is 31.2 Å². The molecule has 0 spiro atoms. The Balaban J connectivity index is 1.40. The third-order valence-corrected chi connectivity index (χ3v) is 5.36. The van der Waals surface area contributed by atoms with Crippen LogP contribution in [0.1, 0.15) is 40.5 Å². The van der Waals surface area contributed by atoms with Crippen LogP contribution in [-0.2, 0) is 17.8 Å². The molecule has 2 amide bonds. The summed E-state index contributed by atoms with van der Waals surface area (Å²) in [5.41, 5.74) is 1.46. The highest BCUT2D eigenvalue weighted by atomic mass is 16.5. The maximum Gasteiger partial charge on any atom is 0.251 e. The largest absolute Gasteiger partial charge is 0.485 e. The molecule has 2 aromatic carbocycles. The second-order valence-electron chi connectivity index (χ2n) is 7.79. The Morgan fingerprint density at radius 3 is 2.47 bits per heavy atom. The van der Waals surface area contributed by atoms with E-state index in [0.29, 0.717) is 29.4 Å². The van der Waals surface area contributed by atoms with Gasteiger partial charge >= 0.3 is 0 Å². The van der Waals surface area contributed by atoms with Gasteiger partial charge in [-0.25, -0.2) is 0 Å². The third kappa shape index (κ3) is 5.51. The second kappa shape index (κ2) is 10.1. The van der Waals surface area contributed by atoms with Crippen molar-refractivity contribution in [3.63, 3.8) is 0 Å². The molecule has 2 heterocycles. The van der Waals surface area contributed by atoms with Gasteiger partial charge in [0, 0.05) is 32.0 Å². The molecule has 0 saturated carbocycles. The fourth-order valence-corrected chi connectivity index (χ4v) is 3.70. The molecule has 1 aromatic heterocycles. The minimum Gasteiger partial charge on any atom is -0.485 e. The highest BCUT2D eigenvalue weighted by molar-refractivity contribution is 5.97. The smallest absolute Gasteiger partial charge is 0.251 e. The fraction of sp³-hybridized carbons (Fsp3) is 0.333. The highest BCUT2D eigenvalue weighted by Crippen LogP contribution is 2.16. The Morgan fingerprint density at radius 1 is 1.09 bits per heavy atom. The molecule has 4 rings (SSSR count). The van der Waals surface area contributed by atoms with Gasteiger partial charge in [-0.15, -0.1) is 0 Å². The number of rotatable bonds is 8. The third-order valence-electron chi connectivity index (χ3n) is 5.36. The van der Waals surface area contributed by atoms with E-state index in [4.69, 9.17) is 9.26 Å². The predicted molar refractivity (Wildman–Crippen MR) is 117 cm³/mol. The molecule has 1 atom stereocenters. The molecule has 8 nitrogen and oxygen atoms in total. The summed E-state index contributed by atoms with van der Waals surface area (Å²) in [7, 11) is 0. The number of carbonyl (C=O) groups excluding carboxylic acids is 2. The number of nitrogens with one attached hydrogen (secondary N) is 1. The number of ether oxygens (including phenoxy) is 1. The van der Waals surface area contributed by atoms with Crippen molar-refractivity contribution in [1.82, 2.24) is 20.4 Å². The topological polar surface area (TPSA) is 97.6 Å². The van der Waals surface area contributed by atoms with Gasteiger partial charge in [0.25, 0.3) is 5.91 Å². The molecule has 32 heavy (non-hydrogen) atoms. The molecule has 8 heteroatoms. The van der Waals surface area contributed by atoms with Crippen molar-refractivity contribution < 1.29 is 18.8 Å². The van der Waals surface area contributed by atoms with E-state index in [1.165, 1.54) is 0 Å². The van der Waals surface area contributed by atoms with E-state index in [-0.39, 0.29) is 18.4 Å². The lowest BCUT2D eigenvalue weighted by Crippen LogP contribution is -2.49. The molecule has 1 aliphatic rings. The summed E-state index contributed by atoms with van der Waals surface area (Å²) in [6.07, 6.45) is 2.46. The zero-order valence-electron chi connectivity index (χ0n) is 18.0. The van der Waals surface area contributed by atoms with Crippen LogP contribution in [0.2, 0.25) is 0 Å². The van der Waals surface area contributed by atoms with E-state index >= 15 is 0 Å². The van der Waals surface area contributed by atoms with Crippen LogP contribution in [0.5, 0.6) is 5.75 Å². The van der Waals surface area contributed by atoms with Crippen molar-refractivity contribution in [2.45, 2.75) is 38.8 Å². The van der Waals surface area contributed by atoms with Gasteiger partial charge in [0.15, 0.2) is 6.61 Å². The minimum atomic E-state index is -0.611. The average Bonchev–Trinajstić information content (AvgIpc) is 3.50. The highest BCUT2D eigenvalue weighted by Gasteiger charge is 2.28. The standard InChI is InChI=1S/C24H26N4O4/c1-17-25-22(27-32-17)16-31-20-11-9-19(10-12-20)23(29)26-21(15-18-7-3-2-4-8-18)24(30)28-13-5-6-14-28/h2-4,7-12,21H,5-6,13-16H2,1H3,(H,26,29). The number of nitrogens with zero attached hydrogens (tertiary/aromatic N) is 3. The number of carbonyl (C=O) groups is 2. The lowest BCUT2D eigenvalue weighted by Gasteiger charge is -2.24. The number of aryl methyl sites for hydroxylation is 1. The molecular formula is C24H26N4O4. The van der Waals surface area contributed by atoms with Crippen LogP contribution >= 0.6 is 0 Å². The van der Waals surface area contributed by atoms with Crippen LogP contribution in [0.25, 0.3) is 0 Å². The van der Waals surface area contributed by atoms with Gasteiger partial charge < -0.3 is 19.5 Å². The van der Waals surface area contributed by atoms with Crippen molar-refractivity contribution in [2.24, 2.45) is 0 Å². The lowest BCUT2D eigenvalue weighted by atomic mass is 10.0. The molecular weight excluding hydrogens is 408 g/mol. The maximum absolute atomic E-state index is 13.1. The Hall–Kier alpha value is -3.68. The molecule has 1 fully saturated rings. The Kier molecular flexibility index (Phi) is 6.79. The first-order valence-corrected chi connectivity index (χ1v) is 10.7. The fourth-order valence-electron chi connectivity index (χ4n) is 3.70. The van der Waals surface area contributed by atoms with Crippen LogP contribution in [-0.4, -0.2) is 46.0 Å². The minimum absolute atomic E-state index is 0.0323. The number of hydrogen-bond acceptors (Lipinski definition) is 6. The van der Waals surface area contributed by atoms with Crippen molar-refractivity contribution in [2.75, 3.05) is 13.1 Å². The molecule has 0 radical (unpaired) electrons. The monoisotopic (exact) mass is 434 g/mol. The molecule has 0 aliphatic carbocycles. The summed E-state index contributed by atoms with van der Waals surface area (Å²) in [6, 6.07) is 15.9. The molecule has 1 N–H and O–H groups in total. The predicted octanol–water partition coefficient (Wildman–Crippen LogP) is 2.92. The van der Waals surface area contributed by atoms with Crippen LogP contribution in [0, 0.1) is 6.92 Å². The number of benzene rings is 2. The summed E-state index contributed by atoms with van der Waals surface area (Å²) in [5.74, 6) is 1.18. The maximum atomic E-state index is 13.1. The van der Waals surface area contributed by atoms with E-state index in [0.717, 1.165) is 31.5 Å². The first-order valence-electron chi connectivity index (χ1n) is 10.7. The van der Waals surface area contributed by atoms with Gasteiger partial charge in [-0.1, -0.05) is 35.5 Å². The zero-order valence-corrected chi connectivity index (χ0v) is 18.0. The normalized spacial score (nSPS) is 14.2. The van der Waals surface area contributed by atoms with E-state index < -0.39 is 6.04 Å². The first kappa shape index (κ1) is 21.5. The van der Waals surface area contributed by atoms with Crippen molar-refractivity contribution >= 4 is 11.8 Å². The van der Waals surface area contributed by atoms with Gasteiger partial charge in [-0.2, -0.15) is 4.98 Å². The Morgan fingerprint density at radius 2 is 1.81 bits per heavy atom. The Bertz CT molecular complexity index is 1040. The van der Waals surface area contributed by atoms with Crippen molar-refractivity contribution in [3.05, 3.63) is 77.4 Å². The van der Waals surface area contributed by atoms with Crippen LogP contribution in [0.3, 0.4) is 0 Å². The van der Waals surface area contributed by atoms with E-state index in [9.17, 15) is 9.59 Å². The number of amides is 2. The number of likely N-dealkylation sites (tertiary alicyclic amines) is 1. The van der Waals surface area contributed by atoms with Gasteiger partial charge in [0.2, 0.25) is 17.6 Å². The molecule has 1 saturated heterocycles. The summed E-state index contributed by atoms with van der Waals surface area (Å²) >= 11 is 0. The summed E-state index contributed by atoms with van der Waals surface area (Å²) < 4.78 is 10.5. The van der Waals surface area contributed by atoms with Crippen LogP contribution < -0.4 is 10.1 Å². The molecule has 1 aliphatic heterocycles. The van der Waals surface area contributed by atoms with E-state index in [1.807, 2.05) is 35.2 Å². The first-order chi connectivity index (χ1) is 15.6. The second-order valence-corrected chi connectivity index (χ2v) is 7.79. The van der Waals surface area contributed by atoms with Crippen molar-refractivity contribution in [3.8, 4) is 5.75 Å². The zero-order chi connectivity index (χ0) is 22.3. The van der Waals surface area contributed by atoms with Gasteiger partial charge in [0.05, 0.1) is 0 Å². The van der Waals surface area contributed by atoms with Gasteiger partial charge in [0.1, 0.15) is 11.8 Å². The number of hydrogen-bond donors (Lipinski definition) is 1. The summed E-state index contributed by atoms with van der Waals surface area (Å²) in [4.78, 5) is 31.9. The molecule has 1 unspecified atom stereocenters. The van der Waals surface area contributed by atoms with Gasteiger partial charge in [-0.05, 0) is 42.7 Å². The van der Waals surface area contributed by atoms with E-state index in [2.05, 4.69) is 15.5 Å². The van der Waals surface area contributed by atoms with Crippen molar-refractivity contribution in [1.29, 1.82) is 0 Å². The average molecular weight is 434 g/mol. The molecule has 3 aromatic rings. The lowest BCUT2D eigenvalue weighted by molar-refractivity contribution is -0.132. The van der Waals surface area contributed by atoms with Crippen LogP contribution in [0.15, 0.2) is 59.1 Å². The molecule has 166 valence electrons. The Labute approximate surface area is 186 Å².